The topological polar surface area (TPSA) is 47.3 Å². The minimum Gasteiger partial charge on any atom is -0.381 e. The molecule has 2 atom stereocenters. The van der Waals surface area contributed by atoms with Crippen molar-refractivity contribution < 1.29 is 4.74 Å². The average molecular weight is 210 g/mol. The van der Waals surface area contributed by atoms with Gasteiger partial charge in [-0.05, 0) is 44.2 Å². The Hall–Kier alpha value is -0.380. The summed E-state index contributed by atoms with van der Waals surface area (Å²) < 4.78 is 5.59. The Bertz CT molecular complexity index is 236. The van der Waals surface area contributed by atoms with Crippen LogP contribution < -0.4 is 11.1 Å². The highest BCUT2D eigenvalue weighted by Crippen LogP contribution is 2.31. The second-order valence-electron chi connectivity index (χ2n) is 4.80. The monoisotopic (exact) mass is 210 g/mol. The molecule has 15 heavy (non-hydrogen) atoms. The van der Waals surface area contributed by atoms with Gasteiger partial charge in [0, 0.05) is 13.7 Å². The summed E-state index contributed by atoms with van der Waals surface area (Å²) in [7, 11) is 1.83. The maximum atomic E-state index is 5.67. The molecule has 1 saturated heterocycles. The lowest BCUT2D eigenvalue weighted by atomic mass is 9.79. The normalized spacial score (nSPS) is 32.3. The number of ether oxygens (including phenoxy) is 1. The molecular formula is C12H22N2O. The number of nitrogens with one attached hydrogen (secondary N) is 1. The van der Waals surface area contributed by atoms with Gasteiger partial charge in [0.25, 0.3) is 0 Å². The van der Waals surface area contributed by atoms with Crippen LogP contribution in [0.2, 0.25) is 0 Å². The smallest absolute Gasteiger partial charge is 0.0640 e. The van der Waals surface area contributed by atoms with Crippen molar-refractivity contribution in [2.45, 2.75) is 25.4 Å². The lowest BCUT2D eigenvalue weighted by Crippen LogP contribution is -2.44. The van der Waals surface area contributed by atoms with Gasteiger partial charge in [0.15, 0.2) is 0 Å². The molecule has 1 fully saturated rings. The van der Waals surface area contributed by atoms with E-state index >= 15 is 0 Å². The van der Waals surface area contributed by atoms with Crippen LogP contribution in [0.3, 0.4) is 0 Å². The molecule has 86 valence electrons. The number of rotatable bonds is 4. The zero-order valence-electron chi connectivity index (χ0n) is 9.54. The van der Waals surface area contributed by atoms with E-state index in [0.717, 1.165) is 18.8 Å². The SMILES string of the molecule is CO[C@H]1CC(CN)=CC[C@H]1CC1CNC1. The summed E-state index contributed by atoms with van der Waals surface area (Å²) in [6, 6.07) is 0. The molecule has 3 heteroatoms. The van der Waals surface area contributed by atoms with Crippen molar-refractivity contribution in [3.63, 3.8) is 0 Å². The molecule has 0 amide bonds. The van der Waals surface area contributed by atoms with Gasteiger partial charge in [-0.25, -0.2) is 0 Å². The van der Waals surface area contributed by atoms with E-state index in [1.165, 1.54) is 25.1 Å². The van der Waals surface area contributed by atoms with Crippen LogP contribution in [0.1, 0.15) is 19.3 Å². The summed E-state index contributed by atoms with van der Waals surface area (Å²) in [5, 5.41) is 3.33. The highest BCUT2D eigenvalue weighted by Gasteiger charge is 2.29. The second-order valence-corrected chi connectivity index (χ2v) is 4.80. The molecule has 0 aromatic carbocycles. The van der Waals surface area contributed by atoms with E-state index < -0.39 is 0 Å². The van der Waals surface area contributed by atoms with Crippen molar-refractivity contribution in [2.24, 2.45) is 17.6 Å². The first-order valence-electron chi connectivity index (χ1n) is 5.95. The molecule has 3 nitrogen and oxygen atoms in total. The Labute approximate surface area is 92.1 Å². The van der Waals surface area contributed by atoms with Crippen LogP contribution in [0.5, 0.6) is 0 Å². The van der Waals surface area contributed by atoms with E-state index in [-0.39, 0.29) is 0 Å². The van der Waals surface area contributed by atoms with Gasteiger partial charge in [0.1, 0.15) is 0 Å². The first-order chi connectivity index (χ1) is 7.33. The number of hydrogen-bond donors (Lipinski definition) is 2. The molecule has 0 radical (unpaired) electrons. The molecule has 2 rings (SSSR count). The number of allylic oxidation sites excluding steroid dienone is 1. The van der Waals surface area contributed by atoms with Gasteiger partial charge in [0.05, 0.1) is 6.10 Å². The van der Waals surface area contributed by atoms with E-state index in [2.05, 4.69) is 11.4 Å². The fourth-order valence-electron chi connectivity index (χ4n) is 2.61. The van der Waals surface area contributed by atoms with Gasteiger partial charge >= 0.3 is 0 Å². The van der Waals surface area contributed by atoms with Crippen molar-refractivity contribution >= 4 is 0 Å². The molecular weight excluding hydrogens is 188 g/mol. The van der Waals surface area contributed by atoms with Crippen LogP contribution in [0.4, 0.5) is 0 Å². The lowest BCUT2D eigenvalue weighted by molar-refractivity contribution is 0.0339. The molecule has 0 aromatic rings. The minimum atomic E-state index is 0.397. The van der Waals surface area contributed by atoms with Crippen molar-refractivity contribution in [2.75, 3.05) is 26.7 Å². The van der Waals surface area contributed by atoms with Crippen molar-refractivity contribution in [1.29, 1.82) is 0 Å². The summed E-state index contributed by atoms with van der Waals surface area (Å²) in [4.78, 5) is 0. The zero-order valence-corrected chi connectivity index (χ0v) is 9.54. The third-order valence-corrected chi connectivity index (χ3v) is 3.77. The van der Waals surface area contributed by atoms with Crippen LogP contribution in [0, 0.1) is 11.8 Å². The highest BCUT2D eigenvalue weighted by atomic mass is 16.5. The van der Waals surface area contributed by atoms with Crippen molar-refractivity contribution in [3.05, 3.63) is 11.6 Å². The molecule has 1 aliphatic heterocycles. The molecule has 1 heterocycles. The van der Waals surface area contributed by atoms with Gasteiger partial charge in [0.2, 0.25) is 0 Å². The number of nitrogens with two attached hydrogens (primary N) is 1. The van der Waals surface area contributed by atoms with E-state index in [1.54, 1.807) is 0 Å². The molecule has 0 spiro atoms. The van der Waals surface area contributed by atoms with Gasteiger partial charge in [-0.15, -0.1) is 0 Å². The molecule has 0 saturated carbocycles. The second kappa shape index (κ2) is 5.10. The number of hydrogen-bond acceptors (Lipinski definition) is 3. The Morgan fingerprint density at radius 1 is 1.53 bits per heavy atom. The third kappa shape index (κ3) is 2.60. The van der Waals surface area contributed by atoms with Gasteiger partial charge in [-0.1, -0.05) is 11.6 Å². The molecule has 0 bridgehead atoms. The van der Waals surface area contributed by atoms with Crippen molar-refractivity contribution in [1.82, 2.24) is 5.32 Å². The predicted octanol–water partition coefficient (Wildman–Crippen LogP) is 0.906. The Kier molecular flexibility index (Phi) is 3.78. The summed E-state index contributed by atoms with van der Waals surface area (Å²) in [5.74, 6) is 1.58. The summed E-state index contributed by atoms with van der Waals surface area (Å²) in [6.45, 7) is 3.08. The van der Waals surface area contributed by atoms with Crippen molar-refractivity contribution in [3.8, 4) is 0 Å². The predicted molar refractivity (Wildman–Crippen MR) is 61.6 cm³/mol. The summed E-state index contributed by atoms with van der Waals surface area (Å²) >= 11 is 0. The molecule has 0 unspecified atom stereocenters. The van der Waals surface area contributed by atoms with E-state index in [1.807, 2.05) is 7.11 Å². The third-order valence-electron chi connectivity index (χ3n) is 3.77. The van der Waals surface area contributed by atoms with Crippen LogP contribution in [-0.4, -0.2) is 32.8 Å². The highest BCUT2D eigenvalue weighted by molar-refractivity contribution is 5.11. The van der Waals surface area contributed by atoms with Gasteiger partial charge in [-0.3, -0.25) is 0 Å². The summed E-state index contributed by atoms with van der Waals surface area (Å²) in [5.41, 5.74) is 7.04. The largest absolute Gasteiger partial charge is 0.381 e. The molecule has 2 aliphatic rings. The summed E-state index contributed by atoms with van der Waals surface area (Å²) in [6.07, 6.45) is 6.22. The first kappa shape index (κ1) is 11.1. The lowest BCUT2D eigenvalue weighted by Gasteiger charge is -2.36. The molecule has 1 aliphatic carbocycles. The Balaban J connectivity index is 1.89. The van der Waals surface area contributed by atoms with Crippen LogP contribution in [0.15, 0.2) is 11.6 Å². The zero-order chi connectivity index (χ0) is 10.7. The first-order valence-corrected chi connectivity index (χ1v) is 5.95. The number of methoxy groups -OCH3 is 1. The minimum absolute atomic E-state index is 0.397. The fourth-order valence-corrected chi connectivity index (χ4v) is 2.61. The van der Waals surface area contributed by atoms with Gasteiger partial charge in [-0.2, -0.15) is 0 Å². The van der Waals surface area contributed by atoms with E-state index in [0.29, 0.717) is 18.6 Å². The Morgan fingerprint density at radius 2 is 2.33 bits per heavy atom. The maximum absolute atomic E-state index is 5.67. The quantitative estimate of drug-likeness (QED) is 0.678. The Morgan fingerprint density at radius 3 is 2.87 bits per heavy atom. The van der Waals surface area contributed by atoms with Crippen LogP contribution in [0.25, 0.3) is 0 Å². The van der Waals surface area contributed by atoms with Crippen LogP contribution >= 0.6 is 0 Å². The van der Waals surface area contributed by atoms with E-state index in [9.17, 15) is 0 Å². The average Bonchev–Trinajstić information content (AvgIpc) is 2.23. The van der Waals surface area contributed by atoms with E-state index in [4.69, 9.17) is 10.5 Å². The fraction of sp³-hybridized carbons (Fsp3) is 0.833. The molecule has 0 aromatic heterocycles. The van der Waals surface area contributed by atoms with Crippen LogP contribution in [-0.2, 0) is 4.74 Å². The maximum Gasteiger partial charge on any atom is 0.0640 e. The standard InChI is InChI=1S/C12H22N2O/c1-15-12-5-9(6-13)2-3-11(12)4-10-7-14-8-10/h2,10-12,14H,3-8,13H2,1H3/t11-,12-/m0/s1. The van der Waals surface area contributed by atoms with Gasteiger partial charge < -0.3 is 15.8 Å². The molecule has 3 N–H and O–H groups in total.